The third-order valence-electron chi connectivity index (χ3n) is 5.56. The molecular weight excluding hydrogens is 396 g/mol. The number of hydroxylamine groups is 1. The minimum absolute atomic E-state index is 0.0411. The Balaban J connectivity index is 1.31. The van der Waals surface area contributed by atoms with Crippen LogP contribution in [0.2, 0.25) is 0 Å². The number of benzene rings is 1. The Labute approximate surface area is 185 Å². The molecule has 2 saturated heterocycles. The predicted molar refractivity (Wildman–Crippen MR) is 118 cm³/mol. The summed E-state index contributed by atoms with van der Waals surface area (Å²) in [4.78, 5) is 32.1. The van der Waals surface area contributed by atoms with Gasteiger partial charge in [-0.3, -0.25) is 9.63 Å². The van der Waals surface area contributed by atoms with Crippen molar-refractivity contribution in [3.63, 3.8) is 0 Å². The Hall–Kier alpha value is -2.16. The lowest BCUT2D eigenvalue weighted by molar-refractivity contribution is -0.125. The van der Waals surface area contributed by atoms with Crippen LogP contribution in [0.1, 0.15) is 52.0 Å². The van der Waals surface area contributed by atoms with Crippen LogP contribution in [0, 0.1) is 0 Å². The summed E-state index contributed by atoms with van der Waals surface area (Å²) in [6.07, 6.45) is 2.84. The summed E-state index contributed by atoms with van der Waals surface area (Å²) >= 11 is 0. The van der Waals surface area contributed by atoms with E-state index in [1.807, 2.05) is 51.1 Å². The molecule has 0 aliphatic carbocycles. The van der Waals surface area contributed by atoms with Crippen molar-refractivity contribution in [1.82, 2.24) is 21.0 Å². The van der Waals surface area contributed by atoms with Crippen molar-refractivity contribution in [2.75, 3.05) is 19.6 Å². The number of amides is 2. The molecule has 8 heteroatoms. The van der Waals surface area contributed by atoms with Crippen molar-refractivity contribution in [3.8, 4) is 0 Å². The molecule has 1 aromatic rings. The molecule has 3 N–H and O–H groups in total. The van der Waals surface area contributed by atoms with E-state index in [0.717, 1.165) is 31.2 Å². The smallest absolute Gasteiger partial charge is 0.410 e. The minimum atomic E-state index is -0.492. The zero-order valence-corrected chi connectivity index (χ0v) is 18.9. The Morgan fingerprint density at radius 2 is 1.77 bits per heavy atom. The standard InChI is InChI=1S/C23H36N4O4/c1-23(2,3)31-22(29)27-13-11-18(12-14-27)25-21(28)20-10-9-19(15-24-20)26-30-16-17-7-5-4-6-8-17/h4-8,18-20,24,26H,9-16H2,1-3H3,(H,25,28)/t19-,20-/m0/s1. The van der Waals surface area contributed by atoms with Gasteiger partial charge in [-0.2, -0.15) is 5.48 Å². The third-order valence-corrected chi connectivity index (χ3v) is 5.56. The maximum Gasteiger partial charge on any atom is 0.410 e. The summed E-state index contributed by atoms with van der Waals surface area (Å²) < 4.78 is 5.43. The van der Waals surface area contributed by atoms with Crippen LogP contribution < -0.4 is 16.1 Å². The van der Waals surface area contributed by atoms with Crippen LogP contribution in [-0.4, -0.2) is 60.3 Å². The highest BCUT2D eigenvalue weighted by atomic mass is 16.6. The first-order valence-corrected chi connectivity index (χ1v) is 11.2. The van der Waals surface area contributed by atoms with Gasteiger partial charge in [-0.05, 0) is 52.0 Å². The van der Waals surface area contributed by atoms with Gasteiger partial charge in [-0.25, -0.2) is 4.79 Å². The predicted octanol–water partition coefficient (Wildman–Crippen LogP) is 2.34. The number of hydrogen-bond donors (Lipinski definition) is 3. The second-order valence-corrected chi connectivity index (χ2v) is 9.38. The van der Waals surface area contributed by atoms with E-state index in [1.54, 1.807) is 4.90 Å². The summed E-state index contributed by atoms with van der Waals surface area (Å²) in [5.74, 6) is 0.0411. The maximum absolute atomic E-state index is 12.6. The molecule has 172 valence electrons. The lowest BCUT2D eigenvalue weighted by atomic mass is 9.99. The number of carbonyl (C=O) groups is 2. The number of nitrogens with zero attached hydrogens (tertiary/aromatic N) is 1. The number of nitrogens with one attached hydrogen (secondary N) is 3. The van der Waals surface area contributed by atoms with Gasteiger partial charge in [0.15, 0.2) is 0 Å². The second-order valence-electron chi connectivity index (χ2n) is 9.38. The third kappa shape index (κ3) is 7.79. The monoisotopic (exact) mass is 432 g/mol. The molecule has 2 aliphatic rings. The maximum atomic E-state index is 12.6. The quantitative estimate of drug-likeness (QED) is 0.598. The first kappa shape index (κ1) is 23.5. The average molecular weight is 433 g/mol. The fraction of sp³-hybridized carbons (Fsp3) is 0.652. The van der Waals surface area contributed by atoms with Crippen molar-refractivity contribution in [3.05, 3.63) is 35.9 Å². The summed E-state index contributed by atoms with van der Waals surface area (Å²) in [5, 5.41) is 6.46. The van der Waals surface area contributed by atoms with Gasteiger partial charge < -0.3 is 20.3 Å². The average Bonchev–Trinajstić information content (AvgIpc) is 2.74. The Morgan fingerprint density at radius 3 is 2.39 bits per heavy atom. The highest BCUT2D eigenvalue weighted by Gasteiger charge is 2.30. The van der Waals surface area contributed by atoms with Crippen molar-refractivity contribution in [2.24, 2.45) is 0 Å². The second kappa shape index (κ2) is 10.9. The molecular formula is C23H36N4O4. The van der Waals surface area contributed by atoms with Gasteiger partial charge >= 0.3 is 6.09 Å². The van der Waals surface area contributed by atoms with Gasteiger partial charge in [0.2, 0.25) is 5.91 Å². The highest BCUT2D eigenvalue weighted by Crippen LogP contribution is 2.16. The van der Waals surface area contributed by atoms with Crippen LogP contribution in [0.4, 0.5) is 4.79 Å². The SMILES string of the molecule is CC(C)(C)OC(=O)N1CCC(NC(=O)[C@@H]2CC[C@H](NOCc3ccccc3)CN2)CC1. The van der Waals surface area contributed by atoms with Crippen molar-refractivity contribution in [2.45, 2.75) is 76.8 Å². The molecule has 2 amide bonds. The van der Waals surface area contributed by atoms with E-state index >= 15 is 0 Å². The van der Waals surface area contributed by atoms with E-state index in [-0.39, 0.29) is 30.1 Å². The molecule has 8 nitrogen and oxygen atoms in total. The van der Waals surface area contributed by atoms with E-state index in [4.69, 9.17) is 9.57 Å². The molecule has 2 atom stereocenters. The highest BCUT2D eigenvalue weighted by molar-refractivity contribution is 5.82. The first-order chi connectivity index (χ1) is 14.8. The zero-order valence-electron chi connectivity index (χ0n) is 18.9. The summed E-state index contributed by atoms with van der Waals surface area (Å²) in [6.45, 7) is 8.00. The fourth-order valence-corrected chi connectivity index (χ4v) is 3.83. The normalized spacial score (nSPS) is 22.7. The van der Waals surface area contributed by atoms with Crippen LogP contribution in [0.15, 0.2) is 30.3 Å². The number of rotatable bonds is 6. The summed E-state index contributed by atoms with van der Waals surface area (Å²) in [5.41, 5.74) is 3.73. The first-order valence-electron chi connectivity index (χ1n) is 11.2. The van der Waals surface area contributed by atoms with Crippen molar-refractivity contribution in [1.29, 1.82) is 0 Å². The van der Waals surface area contributed by atoms with Gasteiger partial charge in [-0.1, -0.05) is 30.3 Å². The van der Waals surface area contributed by atoms with Crippen LogP contribution in [0.3, 0.4) is 0 Å². The van der Waals surface area contributed by atoms with Crippen LogP contribution in [0.5, 0.6) is 0 Å². The lowest BCUT2D eigenvalue weighted by Gasteiger charge is -2.35. The summed E-state index contributed by atoms with van der Waals surface area (Å²) in [7, 11) is 0. The number of likely N-dealkylation sites (tertiary alicyclic amines) is 1. The molecule has 1 aromatic carbocycles. The molecule has 0 radical (unpaired) electrons. The number of piperidine rings is 2. The molecule has 2 aliphatic heterocycles. The largest absolute Gasteiger partial charge is 0.444 e. The van der Waals surface area contributed by atoms with Gasteiger partial charge in [-0.15, -0.1) is 0 Å². The Bertz CT molecular complexity index is 706. The van der Waals surface area contributed by atoms with Gasteiger partial charge in [0.1, 0.15) is 5.60 Å². The van der Waals surface area contributed by atoms with Gasteiger partial charge in [0.05, 0.1) is 12.6 Å². The van der Waals surface area contributed by atoms with Crippen LogP contribution in [0.25, 0.3) is 0 Å². The minimum Gasteiger partial charge on any atom is -0.444 e. The molecule has 0 bridgehead atoms. The van der Waals surface area contributed by atoms with E-state index in [0.29, 0.717) is 26.2 Å². The van der Waals surface area contributed by atoms with Gasteiger partial charge in [0, 0.05) is 31.7 Å². The number of carbonyl (C=O) groups excluding carboxylic acids is 2. The molecule has 0 unspecified atom stereocenters. The molecule has 2 fully saturated rings. The zero-order chi connectivity index (χ0) is 22.3. The van der Waals surface area contributed by atoms with Crippen LogP contribution >= 0.6 is 0 Å². The Morgan fingerprint density at radius 1 is 1.06 bits per heavy atom. The molecule has 0 aromatic heterocycles. The Kier molecular flexibility index (Phi) is 8.28. The summed E-state index contributed by atoms with van der Waals surface area (Å²) in [6, 6.07) is 10.1. The molecule has 3 rings (SSSR count). The van der Waals surface area contributed by atoms with Crippen LogP contribution in [-0.2, 0) is 21.0 Å². The number of ether oxygens (including phenoxy) is 1. The van der Waals surface area contributed by atoms with E-state index < -0.39 is 5.60 Å². The molecule has 31 heavy (non-hydrogen) atoms. The van der Waals surface area contributed by atoms with Gasteiger partial charge in [0.25, 0.3) is 0 Å². The van der Waals surface area contributed by atoms with E-state index in [2.05, 4.69) is 16.1 Å². The van der Waals surface area contributed by atoms with E-state index in [1.165, 1.54) is 0 Å². The lowest BCUT2D eigenvalue weighted by Crippen LogP contribution is -2.56. The molecule has 0 spiro atoms. The van der Waals surface area contributed by atoms with Crippen molar-refractivity contribution >= 4 is 12.0 Å². The fourth-order valence-electron chi connectivity index (χ4n) is 3.83. The topological polar surface area (TPSA) is 91.9 Å². The van der Waals surface area contributed by atoms with Crippen molar-refractivity contribution < 1.29 is 19.2 Å². The molecule has 2 heterocycles. The molecule has 0 saturated carbocycles. The van der Waals surface area contributed by atoms with E-state index in [9.17, 15) is 9.59 Å². The number of hydrogen-bond acceptors (Lipinski definition) is 6.